The van der Waals surface area contributed by atoms with Crippen molar-refractivity contribution in [2.75, 3.05) is 32.2 Å². The number of rotatable bonds is 11. The smallest absolute Gasteiger partial charge is 0.182 e. The van der Waals surface area contributed by atoms with Crippen LogP contribution in [0.25, 0.3) is 0 Å². The molecule has 7 N–H and O–H groups in total. The van der Waals surface area contributed by atoms with Crippen molar-refractivity contribution in [2.45, 2.75) is 31.5 Å². The topological polar surface area (TPSA) is 132 Å². The summed E-state index contributed by atoms with van der Waals surface area (Å²) in [6.07, 6.45) is -0.949. The number of nitrogens with two attached hydrogens (primary N) is 1. The number of nitrogens with one attached hydrogen (secondary N) is 2. The van der Waals surface area contributed by atoms with Crippen molar-refractivity contribution >= 4 is 11.6 Å². The van der Waals surface area contributed by atoms with E-state index in [2.05, 4.69) is 11.0 Å². The third-order valence-corrected chi connectivity index (χ3v) is 3.18. The molecule has 22 heavy (non-hydrogen) atoms. The van der Waals surface area contributed by atoms with E-state index < -0.39 is 31.1 Å². The lowest BCUT2D eigenvalue weighted by Crippen LogP contribution is -2.57. The van der Waals surface area contributed by atoms with Crippen LogP contribution in [0.4, 0.5) is 0 Å². The first-order valence-electron chi connectivity index (χ1n) is 7.00. The van der Waals surface area contributed by atoms with Crippen LogP contribution in [-0.2, 0) is 9.47 Å². The van der Waals surface area contributed by atoms with Crippen LogP contribution >= 0.6 is 11.6 Å². The second-order valence-electron chi connectivity index (χ2n) is 4.80. The zero-order valence-electron chi connectivity index (χ0n) is 12.5. The second-order valence-corrected chi connectivity index (χ2v) is 5.18. The van der Waals surface area contributed by atoms with E-state index in [-0.39, 0.29) is 25.6 Å². The highest BCUT2D eigenvalue weighted by Gasteiger charge is 2.36. The van der Waals surface area contributed by atoms with Crippen molar-refractivity contribution in [3.63, 3.8) is 0 Å². The van der Waals surface area contributed by atoms with Gasteiger partial charge in [0.1, 0.15) is 12.1 Å². The lowest BCUT2D eigenvalue weighted by Gasteiger charge is -2.36. The van der Waals surface area contributed by atoms with Crippen molar-refractivity contribution < 1.29 is 24.8 Å². The van der Waals surface area contributed by atoms with Gasteiger partial charge in [0.15, 0.2) is 6.29 Å². The highest BCUT2D eigenvalue weighted by Crippen LogP contribution is 2.17. The van der Waals surface area contributed by atoms with Gasteiger partial charge in [-0.3, -0.25) is 5.01 Å². The number of halogens is 1. The standard InChI is InChI=1S/C12H25ClN4O5/c1-8(6-18)22-12(21-3-2-13)11(10(20)7-19)17-5-9(4-14)15-16-17/h5,8,10-12,15-16,18-20H,2-4,6-7,14H2,1H3/t8?,10-,11?,12?/m0/s1. The first-order valence-corrected chi connectivity index (χ1v) is 7.54. The van der Waals surface area contributed by atoms with Crippen LogP contribution in [0, 0.1) is 0 Å². The number of hydrogen-bond donors (Lipinski definition) is 6. The summed E-state index contributed by atoms with van der Waals surface area (Å²) in [6, 6.07) is -0.779. The maximum Gasteiger partial charge on any atom is 0.182 e. The predicted molar refractivity (Wildman–Crippen MR) is 80.2 cm³/mol. The second kappa shape index (κ2) is 10.2. The van der Waals surface area contributed by atoms with Crippen LogP contribution in [0.3, 0.4) is 0 Å². The van der Waals surface area contributed by atoms with Crippen molar-refractivity contribution in [1.29, 1.82) is 0 Å². The summed E-state index contributed by atoms with van der Waals surface area (Å²) < 4.78 is 11.1. The summed E-state index contributed by atoms with van der Waals surface area (Å²) in [5, 5.41) is 30.1. The summed E-state index contributed by atoms with van der Waals surface area (Å²) in [7, 11) is 0. The van der Waals surface area contributed by atoms with Gasteiger partial charge in [-0.25, -0.2) is 0 Å². The van der Waals surface area contributed by atoms with E-state index in [1.54, 1.807) is 13.1 Å². The van der Waals surface area contributed by atoms with Gasteiger partial charge >= 0.3 is 0 Å². The predicted octanol–water partition coefficient (Wildman–Crippen LogP) is -2.19. The van der Waals surface area contributed by atoms with E-state index in [9.17, 15) is 10.2 Å². The van der Waals surface area contributed by atoms with Crippen LogP contribution < -0.4 is 16.7 Å². The Kier molecular flexibility index (Phi) is 8.98. The summed E-state index contributed by atoms with van der Waals surface area (Å²) in [4.78, 5) is 0. The molecule has 0 radical (unpaired) electrons. The van der Waals surface area contributed by atoms with Crippen LogP contribution in [0.5, 0.6) is 0 Å². The highest BCUT2D eigenvalue weighted by molar-refractivity contribution is 6.17. The maximum atomic E-state index is 10.1. The SMILES string of the molecule is CC(CO)OC(OCCCl)C([C@@H](O)CO)N1C=C(CN)NN1. The van der Waals surface area contributed by atoms with Crippen LogP contribution in [0.1, 0.15) is 6.92 Å². The Morgan fingerprint density at radius 1 is 1.41 bits per heavy atom. The molecule has 1 rings (SSSR count). The third kappa shape index (κ3) is 5.52. The molecule has 0 fully saturated rings. The molecule has 0 aromatic heterocycles. The minimum absolute atomic E-state index is 0.188. The molecule has 3 unspecified atom stereocenters. The number of ether oxygens (including phenoxy) is 2. The fourth-order valence-corrected chi connectivity index (χ4v) is 1.98. The van der Waals surface area contributed by atoms with E-state index >= 15 is 0 Å². The van der Waals surface area contributed by atoms with E-state index in [1.165, 1.54) is 5.01 Å². The van der Waals surface area contributed by atoms with Gasteiger partial charge in [-0.15, -0.1) is 17.1 Å². The van der Waals surface area contributed by atoms with Crippen molar-refractivity contribution in [3.05, 3.63) is 11.9 Å². The average Bonchev–Trinajstić information content (AvgIpc) is 3.00. The lowest BCUT2D eigenvalue weighted by atomic mass is 10.1. The fraction of sp³-hybridized carbons (Fsp3) is 0.833. The molecule has 9 nitrogen and oxygen atoms in total. The molecule has 0 aliphatic carbocycles. The Balaban J connectivity index is 2.90. The number of nitrogens with zero attached hydrogens (tertiary/aromatic N) is 1. The number of alkyl halides is 1. The van der Waals surface area contributed by atoms with Gasteiger partial charge in [0, 0.05) is 18.6 Å². The zero-order chi connectivity index (χ0) is 16.5. The largest absolute Gasteiger partial charge is 0.394 e. The Labute approximate surface area is 134 Å². The van der Waals surface area contributed by atoms with Gasteiger partial charge in [0.2, 0.25) is 0 Å². The number of hydrogen-bond acceptors (Lipinski definition) is 9. The number of aliphatic hydroxyl groups excluding tert-OH is 3. The van der Waals surface area contributed by atoms with Gasteiger partial charge in [-0.05, 0) is 6.92 Å². The van der Waals surface area contributed by atoms with Crippen LogP contribution in [0.2, 0.25) is 0 Å². The molecular weight excluding hydrogens is 316 g/mol. The van der Waals surface area contributed by atoms with Crippen LogP contribution in [0.15, 0.2) is 11.9 Å². The molecule has 0 bridgehead atoms. The van der Waals surface area contributed by atoms with E-state index in [1.807, 2.05) is 0 Å². The molecule has 10 heteroatoms. The van der Waals surface area contributed by atoms with Gasteiger partial charge in [-0.2, -0.15) is 0 Å². The molecule has 0 aromatic rings. The van der Waals surface area contributed by atoms with Gasteiger partial charge in [-0.1, -0.05) is 0 Å². The van der Waals surface area contributed by atoms with Crippen LogP contribution in [-0.4, -0.2) is 77.1 Å². The number of aliphatic hydroxyl groups is 3. The molecule has 0 aromatic carbocycles. The molecule has 0 amide bonds. The molecule has 0 saturated heterocycles. The van der Waals surface area contributed by atoms with Crippen molar-refractivity contribution in [1.82, 2.24) is 16.0 Å². The Morgan fingerprint density at radius 3 is 2.64 bits per heavy atom. The fourth-order valence-electron chi connectivity index (χ4n) is 1.89. The zero-order valence-corrected chi connectivity index (χ0v) is 13.2. The third-order valence-electron chi connectivity index (χ3n) is 3.02. The number of hydrazine groups is 2. The van der Waals surface area contributed by atoms with E-state index in [0.29, 0.717) is 5.70 Å². The molecule has 0 saturated carbocycles. The monoisotopic (exact) mass is 340 g/mol. The first kappa shape index (κ1) is 19.4. The summed E-state index contributed by atoms with van der Waals surface area (Å²) >= 11 is 5.63. The molecular formula is C12H25ClN4O5. The molecule has 4 atom stereocenters. The molecule has 1 aliphatic heterocycles. The minimum Gasteiger partial charge on any atom is -0.394 e. The molecule has 1 aliphatic rings. The van der Waals surface area contributed by atoms with Gasteiger partial charge < -0.3 is 36.0 Å². The highest BCUT2D eigenvalue weighted by atomic mass is 35.5. The van der Waals surface area contributed by atoms with Gasteiger partial charge in [0.05, 0.1) is 31.6 Å². The average molecular weight is 341 g/mol. The summed E-state index contributed by atoms with van der Waals surface area (Å²) in [5.41, 5.74) is 11.9. The minimum atomic E-state index is -1.16. The van der Waals surface area contributed by atoms with Crippen molar-refractivity contribution in [2.24, 2.45) is 5.73 Å². The normalized spacial score (nSPS) is 20.3. The summed E-state index contributed by atoms with van der Waals surface area (Å²) in [6.45, 7) is 1.42. The molecule has 130 valence electrons. The molecule has 1 heterocycles. The van der Waals surface area contributed by atoms with Crippen molar-refractivity contribution in [3.8, 4) is 0 Å². The van der Waals surface area contributed by atoms with E-state index in [4.69, 9.17) is 31.9 Å². The Morgan fingerprint density at radius 2 is 2.14 bits per heavy atom. The van der Waals surface area contributed by atoms with E-state index in [0.717, 1.165) is 0 Å². The quantitative estimate of drug-likeness (QED) is 0.183. The maximum absolute atomic E-state index is 10.1. The molecule has 0 spiro atoms. The first-order chi connectivity index (χ1) is 10.6. The Hall–Kier alpha value is -0.650. The summed E-state index contributed by atoms with van der Waals surface area (Å²) in [5.74, 6) is 0.241. The van der Waals surface area contributed by atoms with Gasteiger partial charge in [0.25, 0.3) is 0 Å². The Bertz CT molecular complexity index is 349. The lowest BCUT2D eigenvalue weighted by molar-refractivity contribution is -0.220.